The Bertz CT molecular complexity index is 105. The van der Waals surface area contributed by atoms with Crippen molar-refractivity contribution in [3.8, 4) is 0 Å². The first-order chi connectivity index (χ1) is 3.63. The molecular weight excluding hydrogens is 281 g/mol. The Hall–Kier alpha value is 1.16. The largest absolute Gasteiger partial charge is 1.00 e. The van der Waals surface area contributed by atoms with Gasteiger partial charge in [-0.25, -0.2) is 0 Å². The van der Waals surface area contributed by atoms with Crippen LogP contribution in [0.3, 0.4) is 0 Å². The van der Waals surface area contributed by atoms with Crippen LogP contribution in [-0.4, -0.2) is 16.3 Å². The summed E-state index contributed by atoms with van der Waals surface area (Å²) in [5.41, 5.74) is 0. The van der Waals surface area contributed by atoms with E-state index in [-0.39, 0.29) is 66.4 Å². The maximum absolute atomic E-state index is 9.85. The van der Waals surface area contributed by atoms with E-state index < -0.39 is 11.2 Å². The van der Waals surface area contributed by atoms with Crippen molar-refractivity contribution in [3.05, 3.63) is 0 Å². The van der Waals surface area contributed by atoms with E-state index in [0.717, 1.165) is 0 Å². The first-order valence-electron chi connectivity index (χ1n) is 2.03. The summed E-state index contributed by atoms with van der Waals surface area (Å²) in [7, 11) is 0. The van der Waals surface area contributed by atoms with Crippen LogP contribution in [0.1, 0.15) is 12.8 Å². The molecule has 0 heterocycles. The molecule has 0 radical (unpaired) electrons. The van der Waals surface area contributed by atoms with E-state index in [0.29, 0.717) is 0 Å². The molecule has 0 aliphatic heterocycles. The van der Waals surface area contributed by atoms with Crippen LogP contribution >= 0.6 is 11.6 Å². The molecule has 0 aromatic rings. The van der Waals surface area contributed by atoms with Crippen molar-refractivity contribution in [1.82, 2.24) is 0 Å². The molecule has 0 spiro atoms. The quantitative estimate of drug-likeness (QED) is 0.320. The summed E-state index contributed by atoms with van der Waals surface area (Å²) < 4.78 is 0. The van der Waals surface area contributed by atoms with E-state index in [1.807, 2.05) is 0 Å². The van der Waals surface area contributed by atoms with Gasteiger partial charge in [-0.05, 0) is 11.6 Å². The van der Waals surface area contributed by atoms with Crippen LogP contribution < -0.4 is 53.5 Å². The van der Waals surface area contributed by atoms with E-state index in [2.05, 4.69) is 0 Å². The zero-order valence-corrected chi connectivity index (χ0v) is 10.3. The van der Waals surface area contributed by atoms with Gasteiger partial charge >= 0.3 is 35.5 Å². The molecule has 0 aliphatic rings. The Morgan fingerprint density at radius 1 is 1.30 bits per heavy atom. The number of carbonyl (C=O) groups is 2. The maximum atomic E-state index is 9.85. The van der Waals surface area contributed by atoms with Gasteiger partial charge in [-0.2, -0.15) is 0 Å². The second kappa shape index (κ2) is 10.2. The van der Waals surface area contributed by atoms with Crippen LogP contribution in [0.25, 0.3) is 0 Å². The van der Waals surface area contributed by atoms with E-state index in [1.165, 1.54) is 0 Å². The number of carboxylic acid groups (broad SMARTS) is 1. The third-order valence-corrected chi connectivity index (χ3v) is 0.724. The van der Waals surface area contributed by atoms with Gasteiger partial charge in [-0.3, -0.25) is 9.59 Å². The smallest absolute Gasteiger partial charge is 1.00 e. The summed E-state index contributed by atoms with van der Waals surface area (Å²) in [5.74, 6) is -1.00. The zero-order valence-electron chi connectivity index (χ0n) is 5.43. The molecule has 0 unspecified atom stereocenters. The number of hydrogen-bond acceptors (Lipinski definition) is 2. The third kappa shape index (κ3) is 16.1. The van der Waals surface area contributed by atoms with Crippen LogP contribution in [0.15, 0.2) is 0 Å². The predicted octanol–water partition coefficient (Wildman–Crippen LogP) is -5.38. The molecule has 0 aromatic carbocycles. The third-order valence-electron chi connectivity index (χ3n) is 0.535. The van der Waals surface area contributed by atoms with Crippen molar-refractivity contribution in [1.29, 1.82) is 0 Å². The van der Waals surface area contributed by atoms with Crippen molar-refractivity contribution in [2.75, 3.05) is 0 Å². The van der Waals surface area contributed by atoms with Gasteiger partial charge in [0.1, 0.15) is 0 Å². The summed E-state index contributed by atoms with van der Waals surface area (Å²) in [6, 6.07) is 0. The van der Waals surface area contributed by atoms with Gasteiger partial charge in [0.15, 0.2) is 0 Å². The van der Waals surface area contributed by atoms with Gasteiger partial charge in [0, 0.05) is 6.42 Å². The van der Waals surface area contributed by atoms with Crippen molar-refractivity contribution in [3.63, 3.8) is 0 Å². The van der Waals surface area contributed by atoms with Crippen LogP contribution in [0, 0.1) is 0 Å². The SMILES string of the molecule is O=C(O)CCC(=O)Cl.[I-].[Na+]. The number of aliphatic carboxylic acids is 1. The molecule has 3 nitrogen and oxygen atoms in total. The number of hydrogen-bond donors (Lipinski definition) is 1. The molecule has 6 heteroatoms. The van der Waals surface area contributed by atoms with Gasteiger partial charge in [-0.15, -0.1) is 0 Å². The average Bonchev–Trinajstić information content (AvgIpc) is 1.61. The molecule has 0 atom stereocenters. The van der Waals surface area contributed by atoms with Crippen molar-refractivity contribution in [2.24, 2.45) is 0 Å². The molecule has 0 rings (SSSR count). The van der Waals surface area contributed by atoms with Gasteiger partial charge < -0.3 is 29.1 Å². The van der Waals surface area contributed by atoms with Gasteiger partial charge in [0.2, 0.25) is 5.24 Å². The van der Waals surface area contributed by atoms with E-state index in [9.17, 15) is 9.59 Å². The minimum atomic E-state index is -1.00. The van der Waals surface area contributed by atoms with Gasteiger partial charge in [-0.1, -0.05) is 0 Å². The second-order valence-electron chi connectivity index (χ2n) is 1.25. The van der Waals surface area contributed by atoms with E-state index in [1.54, 1.807) is 0 Å². The number of halogens is 2. The number of rotatable bonds is 3. The Balaban J connectivity index is -0.000000245. The van der Waals surface area contributed by atoms with Crippen molar-refractivity contribution < 1.29 is 68.2 Å². The fraction of sp³-hybridized carbons (Fsp3) is 0.500. The molecule has 0 aliphatic carbocycles. The predicted molar refractivity (Wildman–Crippen MR) is 27.7 cm³/mol. The van der Waals surface area contributed by atoms with E-state index in [4.69, 9.17) is 16.7 Å². The monoisotopic (exact) mass is 286 g/mol. The average molecular weight is 286 g/mol. The summed E-state index contributed by atoms with van der Waals surface area (Å²) >= 11 is 4.82. The Morgan fingerprint density at radius 2 is 1.70 bits per heavy atom. The van der Waals surface area contributed by atoms with Gasteiger partial charge in [0.25, 0.3) is 0 Å². The second-order valence-corrected chi connectivity index (χ2v) is 1.67. The van der Waals surface area contributed by atoms with Crippen LogP contribution in [0.5, 0.6) is 0 Å². The fourth-order valence-electron chi connectivity index (χ4n) is 0.205. The first-order valence-corrected chi connectivity index (χ1v) is 2.41. The topological polar surface area (TPSA) is 54.4 Å². The van der Waals surface area contributed by atoms with Gasteiger partial charge in [0.05, 0.1) is 6.42 Å². The summed E-state index contributed by atoms with van der Waals surface area (Å²) in [6.07, 6.45) is -0.265. The molecule has 0 aromatic heterocycles. The Kier molecular flexibility index (Phi) is 17.6. The van der Waals surface area contributed by atoms with Crippen LogP contribution in [-0.2, 0) is 9.59 Å². The normalized spacial score (nSPS) is 6.90. The number of carbonyl (C=O) groups excluding carboxylic acids is 1. The molecule has 10 heavy (non-hydrogen) atoms. The summed E-state index contributed by atoms with van der Waals surface area (Å²) in [4.78, 5) is 19.5. The summed E-state index contributed by atoms with van der Waals surface area (Å²) in [5, 5.41) is 7.35. The standard InChI is InChI=1S/C4H5ClO3.HI.Na/c5-3(6)1-2-4(7)8;;/h1-2H2,(H,7,8);1H;/q;;+1/p-1. The Morgan fingerprint density at radius 3 is 1.80 bits per heavy atom. The van der Waals surface area contributed by atoms with Crippen molar-refractivity contribution in [2.45, 2.75) is 12.8 Å². The molecule has 54 valence electrons. The Labute approximate surface area is 103 Å². The number of carboxylic acids is 1. The molecular formula is C4H5ClINaO3. The molecule has 1 N–H and O–H groups in total. The minimum Gasteiger partial charge on any atom is -1.00 e. The first kappa shape index (κ1) is 17.3. The van der Waals surface area contributed by atoms with Crippen LogP contribution in [0.2, 0.25) is 0 Å². The van der Waals surface area contributed by atoms with E-state index >= 15 is 0 Å². The maximum Gasteiger partial charge on any atom is 1.00 e. The molecule has 0 saturated heterocycles. The minimum absolute atomic E-state index is 0. The molecule has 0 bridgehead atoms. The molecule has 0 amide bonds. The van der Waals surface area contributed by atoms with Crippen molar-refractivity contribution >= 4 is 22.8 Å². The summed E-state index contributed by atoms with van der Waals surface area (Å²) in [6.45, 7) is 0. The molecule has 0 saturated carbocycles. The fourth-order valence-corrected chi connectivity index (χ4v) is 0.300. The zero-order chi connectivity index (χ0) is 6.57. The molecule has 0 fully saturated rings. The van der Waals surface area contributed by atoms with Crippen LogP contribution in [0.4, 0.5) is 0 Å².